The number of hydrogen-bond donors (Lipinski definition) is 4. The van der Waals surface area contributed by atoms with Crippen LogP contribution in [0.15, 0.2) is 70.7 Å². The average molecular weight is 480 g/mol. The van der Waals surface area contributed by atoms with Gasteiger partial charge in [-0.15, -0.1) is 0 Å². The summed E-state index contributed by atoms with van der Waals surface area (Å²) >= 11 is 11.9. The summed E-state index contributed by atoms with van der Waals surface area (Å²) in [5, 5.41) is 23.0. The van der Waals surface area contributed by atoms with E-state index in [1.807, 2.05) is 0 Å². The van der Waals surface area contributed by atoms with E-state index in [0.29, 0.717) is 10.6 Å². The van der Waals surface area contributed by atoms with Gasteiger partial charge < -0.3 is 10.2 Å². The molecule has 4 N–H and O–H groups in total. The van der Waals surface area contributed by atoms with Crippen molar-refractivity contribution in [1.29, 1.82) is 0 Å². The molecule has 0 saturated heterocycles. The summed E-state index contributed by atoms with van der Waals surface area (Å²) in [5.41, 5.74) is 2.83. The largest absolute Gasteiger partial charge is 0.504 e. The highest BCUT2D eigenvalue weighted by Crippen LogP contribution is 2.28. The molecule has 0 unspecified atom stereocenters. The van der Waals surface area contributed by atoms with Gasteiger partial charge in [0.05, 0.1) is 21.8 Å². The number of nitrogens with zero attached hydrogens (tertiary/aromatic N) is 1. The van der Waals surface area contributed by atoms with Crippen LogP contribution >= 0.6 is 23.2 Å². The first-order valence-electron chi connectivity index (χ1n) is 8.59. The van der Waals surface area contributed by atoms with E-state index in [-0.39, 0.29) is 32.7 Å². The summed E-state index contributed by atoms with van der Waals surface area (Å²) in [6, 6.07) is 13.7. The van der Waals surface area contributed by atoms with Crippen molar-refractivity contribution in [2.24, 2.45) is 5.10 Å². The Hall–Kier alpha value is -3.27. The number of anilines is 1. The van der Waals surface area contributed by atoms with Crippen molar-refractivity contribution in [3.8, 4) is 11.5 Å². The van der Waals surface area contributed by atoms with E-state index in [0.717, 1.165) is 0 Å². The van der Waals surface area contributed by atoms with Gasteiger partial charge >= 0.3 is 0 Å². The van der Waals surface area contributed by atoms with Crippen LogP contribution in [0.1, 0.15) is 15.9 Å². The molecule has 0 aliphatic carbocycles. The first-order chi connectivity index (χ1) is 14.7. The molecule has 11 heteroatoms. The quantitative estimate of drug-likeness (QED) is 0.241. The predicted molar refractivity (Wildman–Crippen MR) is 119 cm³/mol. The SMILES string of the molecule is O=C(NN=Cc1ccc(O)c(O)c1)c1cccc(S(=O)(=O)Nc2cc(Cl)ccc2Cl)c1. The lowest BCUT2D eigenvalue weighted by molar-refractivity contribution is 0.0955. The number of benzene rings is 3. The zero-order chi connectivity index (χ0) is 22.6. The van der Waals surface area contributed by atoms with Crippen LogP contribution in [0.3, 0.4) is 0 Å². The number of aromatic hydroxyl groups is 2. The molecule has 0 bridgehead atoms. The lowest BCUT2D eigenvalue weighted by Gasteiger charge is -2.11. The van der Waals surface area contributed by atoms with Gasteiger partial charge in [0.25, 0.3) is 15.9 Å². The van der Waals surface area contributed by atoms with Gasteiger partial charge in [0.2, 0.25) is 0 Å². The van der Waals surface area contributed by atoms with E-state index < -0.39 is 15.9 Å². The molecule has 0 atom stereocenters. The highest BCUT2D eigenvalue weighted by molar-refractivity contribution is 7.92. The Kier molecular flexibility index (Phi) is 6.69. The summed E-state index contributed by atoms with van der Waals surface area (Å²) < 4.78 is 27.7. The molecule has 31 heavy (non-hydrogen) atoms. The molecular formula is C20H15Cl2N3O5S. The average Bonchev–Trinajstić information content (AvgIpc) is 2.73. The molecule has 3 aromatic rings. The van der Waals surface area contributed by atoms with E-state index in [1.54, 1.807) is 0 Å². The van der Waals surface area contributed by atoms with Crippen LogP contribution in [0.5, 0.6) is 11.5 Å². The van der Waals surface area contributed by atoms with Gasteiger partial charge in [0, 0.05) is 10.6 Å². The fourth-order valence-corrected chi connectivity index (χ4v) is 3.94. The van der Waals surface area contributed by atoms with E-state index >= 15 is 0 Å². The molecule has 8 nitrogen and oxygen atoms in total. The molecule has 0 radical (unpaired) electrons. The van der Waals surface area contributed by atoms with Crippen LogP contribution < -0.4 is 10.1 Å². The summed E-state index contributed by atoms with van der Waals surface area (Å²) in [5.74, 6) is -1.27. The minimum absolute atomic E-state index is 0.0470. The van der Waals surface area contributed by atoms with Gasteiger partial charge in [-0.25, -0.2) is 13.8 Å². The third-order valence-corrected chi connectivity index (χ3v) is 5.89. The molecule has 3 aromatic carbocycles. The number of amides is 1. The van der Waals surface area contributed by atoms with Crippen molar-refractivity contribution in [1.82, 2.24) is 5.43 Å². The van der Waals surface area contributed by atoms with Crippen LogP contribution in [0.4, 0.5) is 5.69 Å². The third kappa shape index (κ3) is 5.66. The standard InChI is InChI=1S/C20H15Cl2N3O5S/c21-14-5-6-16(22)17(10-14)25-31(29,30)15-3-1-2-13(9-15)20(28)24-23-11-12-4-7-18(26)19(27)8-12/h1-11,25-27H,(H,24,28). The van der Waals surface area contributed by atoms with Crippen LogP contribution in [0, 0.1) is 0 Å². The molecule has 0 spiro atoms. The summed E-state index contributed by atoms with van der Waals surface area (Å²) in [4.78, 5) is 12.2. The van der Waals surface area contributed by atoms with E-state index in [4.69, 9.17) is 23.2 Å². The molecule has 0 saturated carbocycles. The molecule has 1 amide bonds. The van der Waals surface area contributed by atoms with E-state index in [9.17, 15) is 23.4 Å². The number of nitrogens with one attached hydrogen (secondary N) is 2. The van der Waals surface area contributed by atoms with Gasteiger partial charge in [-0.05, 0) is 60.2 Å². The van der Waals surface area contributed by atoms with Crippen LogP contribution in [0.25, 0.3) is 0 Å². The smallest absolute Gasteiger partial charge is 0.271 e. The molecule has 3 rings (SSSR count). The maximum Gasteiger partial charge on any atom is 0.271 e. The van der Waals surface area contributed by atoms with Gasteiger partial charge in [0.15, 0.2) is 11.5 Å². The lowest BCUT2D eigenvalue weighted by atomic mass is 10.2. The number of hydrogen-bond acceptors (Lipinski definition) is 6. The number of sulfonamides is 1. The zero-order valence-electron chi connectivity index (χ0n) is 15.6. The highest BCUT2D eigenvalue weighted by Gasteiger charge is 2.18. The van der Waals surface area contributed by atoms with Gasteiger partial charge in [-0.2, -0.15) is 5.10 Å². The molecule has 0 fully saturated rings. The topological polar surface area (TPSA) is 128 Å². The number of phenols is 2. The van der Waals surface area contributed by atoms with Crippen molar-refractivity contribution in [2.75, 3.05) is 4.72 Å². The lowest BCUT2D eigenvalue weighted by Crippen LogP contribution is -2.19. The molecule has 0 aliphatic heterocycles. The first-order valence-corrected chi connectivity index (χ1v) is 10.8. The Balaban J connectivity index is 1.75. The van der Waals surface area contributed by atoms with Crippen LogP contribution in [0.2, 0.25) is 10.0 Å². The number of phenolic OH excluding ortho intramolecular Hbond substituents is 2. The number of rotatable bonds is 6. The second kappa shape index (κ2) is 9.25. The van der Waals surface area contributed by atoms with Gasteiger partial charge in [0.1, 0.15) is 0 Å². The number of carbonyl (C=O) groups is 1. The zero-order valence-corrected chi connectivity index (χ0v) is 17.9. The van der Waals surface area contributed by atoms with E-state index in [1.165, 1.54) is 66.9 Å². The summed E-state index contributed by atoms with van der Waals surface area (Å²) in [7, 11) is -4.04. The highest BCUT2D eigenvalue weighted by atomic mass is 35.5. The van der Waals surface area contributed by atoms with Crippen LogP contribution in [-0.4, -0.2) is 30.8 Å². The normalized spacial score (nSPS) is 11.4. The molecule has 0 aliphatic rings. The van der Waals surface area contributed by atoms with Crippen molar-refractivity contribution in [3.63, 3.8) is 0 Å². The van der Waals surface area contributed by atoms with Crippen molar-refractivity contribution >= 4 is 51.0 Å². The maximum absolute atomic E-state index is 12.7. The van der Waals surface area contributed by atoms with Crippen molar-refractivity contribution < 1.29 is 23.4 Å². The fraction of sp³-hybridized carbons (Fsp3) is 0. The fourth-order valence-electron chi connectivity index (χ4n) is 2.43. The molecule has 0 heterocycles. The second-order valence-corrected chi connectivity index (χ2v) is 8.73. The first kappa shape index (κ1) is 22.4. The number of halogens is 2. The Labute approximate surface area is 187 Å². The summed E-state index contributed by atoms with van der Waals surface area (Å²) in [6.07, 6.45) is 1.25. The minimum Gasteiger partial charge on any atom is -0.504 e. The number of carbonyl (C=O) groups excluding carboxylic acids is 1. The minimum atomic E-state index is -4.04. The monoisotopic (exact) mass is 479 g/mol. The van der Waals surface area contributed by atoms with E-state index in [2.05, 4.69) is 15.2 Å². The molecular weight excluding hydrogens is 465 g/mol. The Morgan fingerprint density at radius 2 is 1.74 bits per heavy atom. The maximum atomic E-state index is 12.7. The second-order valence-electron chi connectivity index (χ2n) is 6.20. The van der Waals surface area contributed by atoms with Gasteiger partial charge in [-0.1, -0.05) is 29.3 Å². The number of hydrazone groups is 1. The Morgan fingerprint density at radius 1 is 0.968 bits per heavy atom. The van der Waals surface area contributed by atoms with Crippen LogP contribution in [-0.2, 0) is 10.0 Å². The predicted octanol–water partition coefficient (Wildman–Crippen LogP) is 3.97. The third-order valence-electron chi connectivity index (χ3n) is 3.96. The summed E-state index contributed by atoms with van der Waals surface area (Å²) in [6.45, 7) is 0. The van der Waals surface area contributed by atoms with Crippen molar-refractivity contribution in [3.05, 3.63) is 81.8 Å². The molecule has 160 valence electrons. The Bertz CT molecular complexity index is 1280. The van der Waals surface area contributed by atoms with Gasteiger partial charge in [-0.3, -0.25) is 9.52 Å². The Morgan fingerprint density at radius 3 is 2.48 bits per heavy atom. The molecule has 0 aromatic heterocycles. The van der Waals surface area contributed by atoms with Crippen molar-refractivity contribution in [2.45, 2.75) is 4.90 Å².